The molecule has 12 heavy (non-hydrogen) atoms. The Hall–Kier alpha value is -0.940. The lowest BCUT2D eigenvalue weighted by Crippen LogP contribution is -2.15. The number of aromatic nitrogens is 1. The maximum atomic E-state index is 11.3. The highest BCUT2D eigenvalue weighted by Crippen LogP contribution is 2.06. The zero-order valence-electron chi connectivity index (χ0n) is 6.47. The van der Waals surface area contributed by atoms with Gasteiger partial charge in [-0.25, -0.2) is 8.42 Å². The van der Waals surface area contributed by atoms with E-state index in [0.29, 0.717) is 0 Å². The number of hydrogen-bond donors (Lipinski definition) is 1. The van der Waals surface area contributed by atoms with E-state index in [-0.39, 0.29) is 17.2 Å². The van der Waals surface area contributed by atoms with Gasteiger partial charge in [0.05, 0.1) is 10.6 Å². The fourth-order valence-corrected chi connectivity index (χ4v) is 1.86. The summed E-state index contributed by atoms with van der Waals surface area (Å²) in [6.07, 6.45) is 2.85. The van der Waals surface area contributed by atoms with Gasteiger partial charge in [0, 0.05) is 18.9 Å². The average molecular weight is 186 g/mol. The molecule has 1 rings (SSSR count). The molecule has 66 valence electrons. The summed E-state index contributed by atoms with van der Waals surface area (Å²) in [4.78, 5) is 3.95. The molecular formula is C7H10N2O2S. The first-order valence-electron chi connectivity index (χ1n) is 3.49. The molecule has 5 heteroatoms. The van der Waals surface area contributed by atoms with Crippen LogP contribution >= 0.6 is 0 Å². The van der Waals surface area contributed by atoms with Crippen molar-refractivity contribution in [2.24, 2.45) is 5.73 Å². The molecule has 0 saturated carbocycles. The fraction of sp³-hybridized carbons (Fsp3) is 0.286. The summed E-state index contributed by atoms with van der Waals surface area (Å²) in [5, 5.41) is 0. The van der Waals surface area contributed by atoms with Crippen molar-refractivity contribution in [1.82, 2.24) is 4.98 Å². The van der Waals surface area contributed by atoms with E-state index in [9.17, 15) is 8.42 Å². The predicted molar refractivity (Wildman–Crippen MR) is 45.3 cm³/mol. The van der Waals surface area contributed by atoms with Gasteiger partial charge >= 0.3 is 0 Å². The zero-order valence-corrected chi connectivity index (χ0v) is 7.29. The number of sulfone groups is 1. The number of hydrogen-bond acceptors (Lipinski definition) is 4. The second-order valence-corrected chi connectivity index (χ2v) is 4.41. The molecule has 1 heterocycles. The summed E-state index contributed by atoms with van der Waals surface area (Å²) in [6, 6.07) is 3.10. The minimum atomic E-state index is -3.20. The van der Waals surface area contributed by atoms with Crippen molar-refractivity contribution in [1.29, 1.82) is 0 Å². The van der Waals surface area contributed by atoms with E-state index >= 15 is 0 Å². The Bertz CT molecular complexity index is 334. The van der Waals surface area contributed by atoms with Gasteiger partial charge in [0.1, 0.15) is 0 Å². The first kappa shape index (κ1) is 9.15. The van der Waals surface area contributed by atoms with Gasteiger partial charge < -0.3 is 5.73 Å². The molecule has 0 aliphatic rings. The Labute approximate surface area is 71.3 Å². The largest absolute Gasteiger partial charge is 0.329 e. The lowest BCUT2D eigenvalue weighted by molar-refractivity contribution is 0.595. The highest BCUT2D eigenvalue weighted by Gasteiger charge is 2.11. The topological polar surface area (TPSA) is 73.1 Å². The molecule has 0 amide bonds. The summed E-state index contributed by atoms with van der Waals surface area (Å²) in [5.41, 5.74) is 5.15. The van der Waals surface area contributed by atoms with Crippen LogP contribution in [0.15, 0.2) is 29.4 Å². The SMILES string of the molecule is NCCS(=O)(=O)c1cccnc1. The number of nitrogens with zero attached hydrogens (tertiary/aromatic N) is 1. The van der Waals surface area contributed by atoms with Gasteiger partial charge in [0.2, 0.25) is 0 Å². The monoisotopic (exact) mass is 186 g/mol. The van der Waals surface area contributed by atoms with Crippen molar-refractivity contribution >= 4 is 9.84 Å². The average Bonchev–Trinajstić information content (AvgIpc) is 2.06. The third-order valence-electron chi connectivity index (χ3n) is 1.38. The van der Waals surface area contributed by atoms with Crippen LogP contribution in [0.1, 0.15) is 0 Å². The maximum absolute atomic E-state index is 11.3. The third kappa shape index (κ3) is 2.02. The minimum absolute atomic E-state index is 0.0291. The van der Waals surface area contributed by atoms with Crippen molar-refractivity contribution < 1.29 is 8.42 Å². The van der Waals surface area contributed by atoms with E-state index in [4.69, 9.17) is 5.73 Å². The van der Waals surface area contributed by atoms with Crippen LogP contribution in [0.25, 0.3) is 0 Å². The van der Waals surface area contributed by atoms with Crippen molar-refractivity contribution in [3.8, 4) is 0 Å². The minimum Gasteiger partial charge on any atom is -0.329 e. The molecule has 0 bridgehead atoms. The van der Waals surface area contributed by atoms with E-state index in [2.05, 4.69) is 4.98 Å². The van der Waals surface area contributed by atoms with Gasteiger partial charge in [-0.3, -0.25) is 4.98 Å². The molecule has 0 fully saturated rings. The van der Waals surface area contributed by atoms with Gasteiger partial charge in [-0.15, -0.1) is 0 Å². The molecule has 0 radical (unpaired) electrons. The second kappa shape index (κ2) is 3.64. The summed E-state index contributed by atoms with van der Waals surface area (Å²) in [5.74, 6) is -0.0291. The Balaban J connectivity index is 2.99. The van der Waals surface area contributed by atoms with Crippen LogP contribution in [0.3, 0.4) is 0 Å². The predicted octanol–water partition coefficient (Wildman–Crippen LogP) is -0.186. The lowest BCUT2D eigenvalue weighted by atomic mass is 10.5. The maximum Gasteiger partial charge on any atom is 0.181 e. The van der Waals surface area contributed by atoms with E-state index in [0.717, 1.165) is 0 Å². The van der Waals surface area contributed by atoms with Gasteiger partial charge in [-0.1, -0.05) is 0 Å². The summed E-state index contributed by atoms with van der Waals surface area (Å²) < 4.78 is 22.6. The molecule has 4 nitrogen and oxygen atoms in total. The number of rotatable bonds is 3. The Morgan fingerprint density at radius 2 is 2.25 bits per heavy atom. The van der Waals surface area contributed by atoms with Crippen LogP contribution in [0.2, 0.25) is 0 Å². The van der Waals surface area contributed by atoms with Gasteiger partial charge in [-0.2, -0.15) is 0 Å². The molecule has 1 aromatic rings. The molecule has 0 atom stereocenters. The smallest absolute Gasteiger partial charge is 0.181 e. The normalized spacial score (nSPS) is 11.4. The number of pyridine rings is 1. The molecule has 1 aromatic heterocycles. The molecule has 0 aromatic carbocycles. The summed E-state index contributed by atoms with van der Waals surface area (Å²) in [6.45, 7) is 0.136. The lowest BCUT2D eigenvalue weighted by Gasteiger charge is -1.99. The van der Waals surface area contributed by atoms with E-state index in [1.54, 1.807) is 6.07 Å². The van der Waals surface area contributed by atoms with Crippen LogP contribution in [0.5, 0.6) is 0 Å². The quantitative estimate of drug-likeness (QED) is 0.710. The summed E-state index contributed by atoms with van der Waals surface area (Å²) >= 11 is 0. The van der Waals surface area contributed by atoms with Gasteiger partial charge in [0.15, 0.2) is 9.84 Å². The number of nitrogens with two attached hydrogens (primary N) is 1. The van der Waals surface area contributed by atoms with Gasteiger partial charge in [-0.05, 0) is 12.1 Å². The highest BCUT2D eigenvalue weighted by molar-refractivity contribution is 7.91. The van der Waals surface area contributed by atoms with E-state index < -0.39 is 9.84 Å². The zero-order chi connectivity index (χ0) is 9.03. The summed E-state index contributed by atoms with van der Waals surface area (Å²) in [7, 11) is -3.20. The molecule has 0 unspecified atom stereocenters. The molecule has 0 aliphatic carbocycles. The van der Waals surface area contributed by atoms with Crippen LogP contribution in [-0.2, 0) is 9.84 Å². The van der Waals surface area contributed by atoms with Gasteiger partial charge in [0.25, 0.3) is 0 Å². The second-order valence-electron chi connectivity index (χ2n) is 2.30. The Morgan fingerprint density at radius 3 is 2.75 bits per heavy atom. The van der Waals surface area contributed by atoms with E-state index in [1.807, 2.05) is 0 Å². The molecule has 0 aliphatic heterocycles. The van der Waals surface area contributed by atoms with Crippen LogP contribution in [0.4, 0.5) is 0 Å². The van der Waals surface area contributed by atoms with Crippen LogP contribution in [0, 0.1) is 0 Å². The highest BCUT2D eigenvalue weighted by atomic mass is 32.2. The standard InChI is InChI=1S/C7H10N2O2S/c8-3-5-12(10,11)7-2-1-4-9-6-7/h1-2,4,6H,3,5,8H2. The Morgan fingerprint density at radius 1 is 1.50 bits per heavy atom. The van der Waals surface area contributed by atoms with Crippen molar-refractivity contribution in [3.63, 3.8) is 0 Å². The first-order valence-corrected chi connectivity index (χ1v) is 5.15. The van der Waals surface area contributed by atoms with Crippen molar-refractivity contribution in [2.75, 3.05) is 12.3 Å². The fourth-order valence-electron chi connectivity index (χ4n) is 0.804. The molecule has 2 N–H and O–H groups in total. The molecule has 0 spiro atoms. The van der Waals surface area contributed by atoms with Crippen LogP contribution in [-0.4, -0.2) is 25.7 Å². The molecular weight excluding hydrogens is 176 g/mol. The van der Waals surface area contributed by atoms with Crippen LogP contribution < -0.4 is 5.73 Å². The Kier molecular flexibility index (Phi) is 2.78. The first-order chi connectivity index (χ1) is 5.67. The molecule has 0 saturated heterocycles. The van der Waals surface area contributed by atoms with Crippen molar-refractivity contribution in [2.45, 2.75) is 4.90 Å². The van der Waals surface area contributed by atoms with Crippen molar-refractivity contribution in [3.05, 3.63) is 24.5 Å². The third-order valence-corrected chi connectivity index (χ3v) is 3.11. The van der Waals surface area contributed by atoms with E-state index in [1.165, 1.54) is 18.5 Å².